The van der Waals surface area contributed by atoms with Gasteiger partial charge in [0.1, 0.15) is 0 Å². The van der Waals surface area contributed by atoms with Gasteiger partial charge in [-0.15, -0.1) is 0 Å². The van der Waals surface area contributed by atoms with Crippen LogP contribution in [0.15, 0.2) is 54.6 Å². The average molecular weight is 250 g/mol. The van der Waals surface area contributed by atoms with Crippen LogP contribution >= 0.6 is 0 Å². The summed E-state index contributed by atoms with van der Waals surface area (Å²) < 4.78 is 0. The van der Waals surface area contributed by atoms with E-state index in [-0.39, 0.29) is 0 Å². The van der Waals surface area contributed by atoms with Gasteiger partial charge in [0.15, 0.2) is 0 Å². The van der Waals surface area contributed by atoms with Crippen molar-refractivity contribution < 1.29 is 0 Å². The molecule has 0 radical (unpaired) electrons. The maximum absolute atomic E-state index is 3.51. The predicted octanol–water partition coefficient (Wildman–Crippen LogP) is 3.90. The molecule has 0 aliphatic carbocycles. The standard InChI is InChI=1S/C17H18N2/c1-19(2)12-13-8-9-15-11-17(18-16(15)10-13)14-6-4-3-5-7-14/h3-11,18H,12H2,1-2H3. The van der Waals surface area contributed by atoms with Crippen molar-refractivity contribution in [2.45, 2.75) is 6.54 Å². The molecule has 3 aromatic rings. The third-order valence-corrected chi connectivity index (χ3v) is 3.27. The zero-order valence-corrected chi connectivity index (χ0v) is 11.4. The Morgan fingerprint density at radius 2 is 1.74 bits per heavy atom. The number of aromatic amines is 1. The highest BCUT2D eigenvalue weighted by Gasteiger charge is 2.04. The average Bonchev–Trinajstić information content (AvgIpc) is 2.82. The Labute approximate surface area is 113 Å². The maximum atomic E-state index is 3.51. The molecule has 19 heavy (non-hydrogen) atoms. The van der Waals surface area contributed by atoms with E-state index in [9.17, 15) is 0 Å². The molecule has 3 rings (SSSR count). The fourth-order valence-electron chi connectivity index (χ4n) is 2.41. The first kappa shape index (κ1) is 12.0. The van der Waals surface area contributed by atoms with Gasteiger partial charge in [-0.05, 0) is 37.4 Å². The molecule has 0 saturated carbocycles. The molecule has 1 aromatic heterocycles. The van der Waals surface area contributed by atoms with Crippen molar-refractivity contribution in [3.63, 3.8) is 0 Å². The second kappa shape index (κ2) is 4.90. The molecule has 0 aliphatic heterocycles. The highest BCUT2D eigenvalue weighted by molar-refractivity contribution is 5.86. The van der Waals surface area contributed by atoms with Crippen molar-refractivity contribution in [3.05, 3.63) is 60.2 Å². The van der Waals surface area contributed by atoms with Crippen molar-refractivity contribution in [3.8, 4) is 11.3 Å². The first-order chi connectivity index (χ1) is 9.22. The van der Waals surface area contributed by atoms with Gasteiger partial charge >= 0.3 is 0 Å². The van der Waals surface area contributed by atoms with Gasteiger partial charge in [0, 0.05) is 23.1 Å². The molecule has 1 heterocycles. The molecule has 0 aliphatic rings. The fourth-order valence-corrected chi connectivity index (χ4v) is 2.41. The van der Waals surface area contributed by atoms with Crippen LogP contribution in [0.5, 0.6) is 0 Å². The third kappa shape index (κ3) is 2.54. The first-order valence-electron chi connectivity index (χ1n) is 6.54. The van der Waals surface area contributed by atoms with Crippen molar-refractivity contribution >= 4 is 10.9 Å². The van der Waals surface area contributed by atoms with E-state index in [2.05, 4.69) is 72.5 Å². The van der Waals surface area contributed by atoms with Crippen LogP contribution in [0.3, 0.4) is 0 Å². The van der Waals surface area contributed by atoms with E-state index >= 15 is 0 Å². The van der Waals surface area contributed by atoms with Gasteiger partial charge in [-0.1, -0.05) is 42.5 Å². The van der Waals surface area contributed by atoms with E-state index < -0.39 is 0 Å². The largest absolute Gasteiger partial charge is 0.355 e. The van der Waals surface area contributed by atoms with Crippen LogP contribution < -0.4 is 0 Å². The van der Waals surface area contributed by atoms with Gasteiger partial charge in [-0.3, -0.25) is 0 Å². The monoisotopic (exact) mass is 250 g/mol. The molecule has 0 atom stereocenters. The van der Waals surface area contributed by atoms with E-state index in [4.69, 9.17) is 0 Å². The second-order valence-electron chi connectivity index (χ2n) is 5.21. The predicted molar refractivity (Wildman–Crippen MR) is 81.1 cm³/mol. The van der Waals surface area contributed by atoms with Crippen molar-refractivity contribution in [2.24, 2.45) is 0 Å². The summed E-state index contributed by atoms with van der Waals surface area (Å²) in [6.07, 6.45) is 0. The number of hydrogen-bond acceptors (Lipinski definition) is 1. The third-order valence-electron chi connectivity index (χ3n) is 3.27. The quantitative estimate of drug-likeness (QED) is 0.747. The Kier molecular flexibility index (Phi) is 3.10. The Balaban J connectivity index is 2.01. The van der Waals surface area contributed by atoms with Gasteiger partial charge in [-0.2, -0.15) is 0 Å². The summed E-state index contributed by atoms with van der Waals surface area (Å²) in [5.74, 6) is 0. The van der Waals surface area contributed by atoms with E-state index in [1.165, 1.54) is 27.7 Å². The number of aromatic nitrogens is 1. The van der Waals surface area contributed by atoms with E-state index in [1.807, 2.05) is 6.07 Å². The molecule has 0 amide bonds. The summed E-state index contributed by atoms with van der Waals surface area (Å²) in [4.78, 5) is 5.69. The number of rotatable bonds is 3. The Bertz CT molecular complexity index is 681. The highest BCUT2D eigenvalue weighted by Crippen LogP contribution is 2.24. The number of fused-ring (bicyclic) bond motifs is 1. The van der Waals surface area contributed by atoms with Crippen molar-refractivity contribution in [2.75, 3.05) is 14.1 Å². The Hall–Kier alpha value is -2.06. The minimum Gasteiger partial charge on any atom is -0.355 e. The molecule has 0 bridgehead atoms. The summed E-state index contributed by atoms with van der Waals surface area (Å²) in [6.45, 7) is 0.968. The number of nitrogens with zero attached hydrogens (tertiary/aromatic N) is 1. The number of benzene rings is 2. The molecule has 0 fully saturated rings. The molecule has 0 spiro atoms. The minimum absolute atomic E-state index is 0.968. The summed E-state index contributed by atoms with van der Waals surface area (Å²) in [6, 6.07) is 19.3. The van der Waals surface area contributed by atoms with E-state index in [1.54, 1.807) is 0 Å². The van der Waals surface area contributed by atoms with Gasteiger partial charge in [-0.25, -0.2) is 0 Å². The van der Waals surface area contributed by atoms with Gasteiger partial charge < -0.3 is 9.88 Å². The molecular weight excluding hydrogens is 232 g/mol. The van der Waals surface area contributed by atoms with Crippen LogP contribution in [0.25, 0.3) is 22.2 Å². The second-order valence-corrected chi connectivity index (χ2v) is 5.21. The van der Waals surface area contributed by atoms with Crippen LogP contribution in [0.1, 0.15) is 5.56 Å². The first-order valence-corrected chi connectivity index (χ1v) is 6.54. The SMILES string of the molecule is CN(C)Cc1ccc2cc(-c3ccccc3)[nH]c2c1. The van der Waals surface area contributed by atoms with E-state index in [0.717, 1.165) is 6.54 Å². The number of H-pyrrole nitrogens is 1. The smallest absolute Gasteiger partial charge is 0.0464 e. The summed E-state index contributed by atoms with van der Waals surface area (Å²) >= 11 is 0. The molecular formula is C17H18N2. The molecule has 2 aromatic carbocycles. The van der Waals surface area contributed by atoms with Crippen LogP contribution in [-0.2, 0) is 6.54 Å². The van der Waals surface area contributed by atoms with Gasteiger partial charge in [0.05, 0.1) is 0 Å². The number of hydrogen-bond donors (Lipinski definition) is 1. The lowest BCUT2D eigenvalue weighted by Crippen LogP contribution is -2.10. The van der Waals surface area contributed by atoms with Crippen molar-refractivity contribution in [1.29, 1.82) is 0 Å². The molecule has 1 N–H and O–H groups in total. The molecule has 0 unspecified atom stereocenters. The molecule has 0 saturated heterocycles. The molecule has 2 nitrogen and oxygen atoms in total. The minimum atomic E-state index is 0.968. The zero-order valence-electron chi connectivity index (χ0n) is 11.4. The summed E-state index contributed by atoms with van der Waals surface area (Å²) in [7, 11) is 4.18. The van der Waals surface area contributed by atoms with Crippen LogP contribution in [0, 0.1) is 0 Å². The lowest BCUT2D eigenvalue weighted by atomic mass is 10.1. The van der Waals surface area contributed by atoms with Crippen molar-refractivity contribution in [1.82, 2.24) is 9.88 Å². The highest BCUT2D eigenvalue weighted by atomic mass is 15.0. The van der Waals surface area contributed by atoms with Crippen LogP contribution in [0.4, 0.5) is 0 Å². The van der Waals surface area contributed by atoms with Gasteiger partial charge in [0.25, 0.3) is 0 Å². The summed E-state index contributed by atoms with van der Waals surface area (Å²) in [5.41, 5.74) is 4.95. The zero-order chi connectivity index (χ0) is 13.2. The normalized spacial score (nSPS) is 11.3. The molecule has 2 heteroatoms. The molecule has 96 valence electrons. The Morgan fingerprint density at radius 3 is 2.47 bits per heavy atom. The number of nitrogens with one attached hydrogen (secondary N) is 1. The lowest BCUT2D eigenvalue weighted by Gasteiger charge is -2.09. The summed E-state index contributed by atoms with van der Waals surface area (Å²) in [5, 5.41) is 1.27. The lowest BCUT2D eigenvalue weighted by molar-refractivity contribution is 0.403. The van der Waals surface area contributed by atoms with Gasteiger partial charge in [0.2, 0.25) is 0 Å². The topological polar surface area (TPSA) is 19.0 Å². The van der Waals surface area contributed by atoms with Crippen LogP contribution in [-0.4, -0.2) is 24.0 Å². The van der Waals surface area contributed by atoms with Crippen LogP contribution in [0.2, 0.25) is 0 Å². The maximum Gasteiger partial charge on any atom is 0.0464 e. The fraction of sp³-hybridized carbons (Fsp3) is 0.176. The van der Waals surface area contributed by atoms with E-state index in [0.29, 0.717) is 0 Å². The Morgan fingerprint density at radius 1 is 0.947 bits per heavy atom.